The summed E-state index contributed by atoms with van der Waals surface area (Å²) in [6.45, 7) is 0. The van der Waals surface area contributed by atoms with Gasteiger partial charge in [0.2, 0.25) is 5.91 Å². The molecule has 6 nitrogen and oxygen atoms in total. The number of carbonyl (C=O) groups excluding carboxylic acids is 1. The monoisotopic (exact) mass is 349 g/mol. The first kappa shape index (κ1) is 16.2. The molecule has 1 N–H and O–H groups in total. The number of fused-ring (bicyclic) bond motifs is 1. The number of methoxy groups -OCH3 is 2. The van der Waals surface area contributed by atoms with Gasteiger partial charge in [-0.15, -0.1) is 0 Å². The fraction of sp³-hybridized carbons (Fsp3) is 0.200. The molecule has 2 heterocycles. The molecule has 0 spiro atoms. The van der Waals surface area contributed by atoms with Gasteiger partial charge in [-0.1, -0.05) is 18.2 Å². The van der Waals surface area contributed by atoms with Crippen molar-refractivity contribution in [1.82, 2.24) is 9.78 Å². The first-order chi connectivity index (χ1) is 12.7. The first-order valence-corrected chi connectivity index (χ1v) is 8.36. The molecule has 0 aliphatic carbocycles. The Kier molecular flexibility index (Phi) is 4.08. The van der Waals surface area contributed by atoms with Gasteiger partial charge in [0.25, 0.3) is 0 Å². The van der Waals surface area contributed by atoms with Crippen molar-refractivity contribution in [2.24, 2.45) is 0 Å². The lowest BCUT2D eigenvalue weighted by Gasteiger charge is -2.25. The van der Waals surface area contributed by atoms with E-state index in [1.54, 1.807) is 18.9 Å². The Morgan fingerprint density at radius 3 is 2.62 bits per heavy atom. The van der Waals surface area contributed by atoms with Gasteiger partial charge in [-0.05, 0) is 30.3 Å². The molecule has 132 valence electrons. The summed E-state index contributed by atoms with van der Waals surface area (Å²) < 4.78 is 12.6. The van der Waals surface area contributed by atoms with Gasteiger partial charge in [0.05, 0.1) is 26.1 Å². The highest BCUT2D eigenvalue weighted by Crippen LogP contribution is 2.42. The van der Waals surface area contributed by atoms with Crippen molar-refractivity contribution in [3.63, 3.8) is 0 Å². The number of hydrogen-bond donors (Lipinski definition) is 1. The van der Waals surface area contributed by atoms with Crippen molar-refractivity contribution in [1.29, 1.82) is 0 Å². The number of rotatable bonds is 4. The van der Waals surface area contributed by atoms with Crippen molar-refractivity contribution in [2.45, 2.75) is 12.3 Å². The summed E-state index contributed by atoms with van der Waals surface area (Å²) >= 11 is 0. The SMILES string of the molecule is COc1ccc(OC)c(C2CC(=O)Nc3c2cnn3-c2ccccc2)c1. The Balaban J connectivity index is 1.85. The van der Waals surface area contributed by atoms with Crippen LogP contribution in [-0.4, -0.2) is 29.9 Å². The summed E-state index contributed by atoms with van der Waals surface area (Å²) in [6.07, 6.45) is 2.14. The van der Waals surface area contributed by atoms with Crippen LogP contribution >= 0.6 is 0 Å². The third-order valence-electron chi connectivity index (χ3n) is 4.63. The summed E-state index contributed by atoms with van der Waals surface area (Å²) in [4.78, 5) is 12.4. The number of hydrogen-bond acceptors (Lipinski definition) is 4. The van der Waals surface area contributed by atoms with E-state index in [2.05, 4.69) is 10.4 Å². The van der Waals surface area contributed by atoms with Gasteiger partial charge in [-0.2, -0.15) is 5.10 Å². The first-order valence-electron chi connectivity index (χ1n) is 8.36. The highest BCUT2D eigenvalue weighted by molar-refractivity contribution is 5.94. The molecular weight excluding hydrogens is 330 g/mol. The largest absolute Gasteiger partial charge is 0.497 e. The molecule has 1 aliphatic heterocycles. The van der Waals surface area contributed by atoms with Gasteiger partial charge in [-0.25, -0.2) is 4.68 Å². The van der Waals surface area contributed by atoms with E-state index in [0.717, 1.165) is 28.3 Å². The number of anilines is 1. The van der Waals surface area contributed by atoms with E-state index in [-0.39, 0.29) is 11.8 Å². The van der Waals surface area contributed by atoms with E-state index in [1.165, 1.54) is 0 Å². The van der Waals surface area contributed by atoms with Crippen LogP contribution in [0, 0.1) is 0 Å². The van der Waals surface area contributed by atoms with Crippen LogP contribution in [0.15, 0.2) is 54.7 Å². The van der Waals surface area contributed by atoms with E-state index >= 15 is 0 Å². The van der Waals surface area contributed by atoms with E-state index in [0.29, 0.717) is 12.2 Å². The molecule has 1 aliphatic rings. The molecule has 4 rings (SSSR count). The molecule has 6 heteroatoms. The van der Waals surface area contributed by atoms with Gasteiger partial charge in [0.1, 0.15) is 17.3 Å². The Morgan fingerprint density at radius 1 is 1.08 bits per heavy atom. The molecule has 0 fully saturated rings. The van der Waals surface area contributed by atoms with Crippen molar-refractivity contribution < 1.29 is 14.3 Å². The van der Waals surface area contributed by atoms with Gasteiger partial charge in [0, 0.05) is 23.5 Å². The molecule has 1 aromatic heterocycles. The van der Waals surface area contributed by atoms with Crippen molar-refractivity contribution in [3.8, 4) is 17.2 Å². The average Bonchev–Trinajstić information content (AvgIpc) is 3.11. The average molecular weight is 349 g/mol. The quantitative estimate of drug-likeness (QED) is 0.784. The molecular formula is C20H19N3O3. The Hall–Kier alpha value is -3.28. The molecule has 3 aromatic rings. The van der Waals surface area contributed by atoms with Crippen LogP contribution in [0.3, 0.4) is 0 Å². The highest BCUT2D eigenvalue weighted by Gasteiger charge is 2.32. The van der Waals surface area contributed by atoms with E-state index in [1.807, 2.05) is 54.7 Å². The summed E-state index contributed by atoms with van der Waals surface area (Å²) in [5.74, 6) is 1.95. The summed E-state index contributed by atoms with van der Waals surface area (Å²) in [5.41, 5.74) is 2.77. The lowest BCUT2D eigenvalue weighted by molar-refractivity contribution is -0.116. The lowest BCUT2D eigenvalue weighted by Crippen LogP contribution is -2.24. The standard InChI is InChI=1S/C20H19N3O3/c1-25-14-8-9-18(26-2)16(10-14)15-11-19(24)22-20-17(15)12-21-23(20)13-6-4-3-5-7-13/h3-10,12,15H,11H2,1-2H3,(H,22,24). The molecule has 26 heavy (non-hydrogen) atoms. The molecule has 0 radical (unpaired) electrons. The van der Waals surface area contributed by atoms with Gasteiger partial charge in [-0.3, -0.25) is 4.79 Å². The normalized spacial score (nSPS) is 15.9. The van der Waals surface area contributed by atoms with Crippen molar-refractivity contribution >= 4 is 11.7 Å². The smallest absolute Gasteiger partial charge is 0.226 e. The number of aromatic nitrogens is 2. The number of nitrogens with zero attached hydrogens (tertiary/aromatic N) is 2. The maximum Gasteiger partial charge on any atom is 0.226 e. The number of nitrogens with one attached hydrogen (secondary N) is 1. The highest BCUT2D eigenvalue weighted by atomic mass is 16.5. The van der Waals surface area contributed by atoms with E-state index in [4.69, 9.17) is 9.47 Å². The second-order valence-electron chi connectivity index (χ2n) is 6.11. The van der Waals surface area contributed by atoms with Crippen LogP contribution in [0.25, 0.3) is 5.69 Å². The van der Waals surface area contributed by atoms with Crippen LogP contribution < -0.4 is 14.8 Å². The summed E-state index contributed by atoms with van der Waals surface area (Å²) in [7, 11) is 3.25. The predicted molar refractivity (Wildman–Crippen MR) is 98.2 cm³/mol. The Bertz CT molecular complexity index is 950. The van der Waals surface area contributed by atoms with Crippen LogP contribution in [0.5, 0.6) is 11.5 Å². The second kappa shape index (κ2) is 6.55. The third kappa shape index (κ3) is 2.69. The Morgan fingerprint density at radius 2 is 1.88 bits per heavy atom. The van der Waals surface area contributed by atoms with Crippen LogP contribution in [0.2, 0.25) is 0 Å². The third-order valence-corrected chi connectivity index (χ3v) is 4.63. The minimum Gasteiger partial charge on any atom is -0.497 e. The molecule has 0 saturated heterocycles. The maximum atomic E-state index is 12.4. The van der Waals surface area contributed by atoms with Gasteiger partial charge < -0.3 is 14.8 Å². The summed E-state index contributed by atoms with van der Waals surface area (Å²) in [5, 5.41) is 7.47. The van der Waals surface area contributed by atoms with Gasteiger partial charge >= 0.3 is 0 Å². The number of amides is 1. The molecule has 0 bridgehead atoms. The predicted octanol–water partition coefficient (Wildman–Crippen LogP) is 3.36. The molecule has 1 amide bonds. The zero-order valence-corrected chi connectivity index (χ0v) is 14.6. The number of ether oxygens (including phenoxy) is 2. The minimum atomic E-state index is -0.152. The number of benzene rings is 2. The zero-order valence-electron chi connectivity index (χ0n) is 14.6. The molecule has 1 unspecified atom stereocenters. The van der Waals surface area contributed by atoms with Crippen LogP contribution in [-0.2, 0) is 4.79 Å². The molecule has 0 saturated carbocycles. The maximum absolute atomic E-state index is 12.4. The van der Waals surface area contributed by atoms with Crippen LogP contribution in [0.4, 0.5) is 5.82 Å². The van der Waals surface area contributed by atoms with Crippen molar-refractivity contribution in [2.75, 3.05) is 19.5 Å². The molecule has 2 aromatic carbocycles. The minimum absolute atomic E-state index is 0.0509. The fourth-order valence-electron chi connectivity index (χ4n) is 3.37. The Labute approximate surface area is 151 Å². The van der Waals surface area contributed by atoms with Gasteiger partial charge in [0.15, 0.2) is 0 Å². The fourth-order valence-corrected chi connectivity index (χ4v) is 3.37. The second-order valence-corrected chi connectivity index (χ2v) is 6.11. The van der Waals surface area contributed by atoms with Crippen molar-refractivity contribution in [3.05, 3.63) is 65.9 Å². The number of carbonyl (C=O) groups is 1. The van der Waals surface area contributed by atoms with E-state index in [9.17, 15) is 4.79 Å². The van der Waals surface area contributed by atoms with Crippen LogP contribution in [0.1, 0.15) is 23.5 Å². The number of para-hydroxylation sites is 1. The lowest BCUT2D eigenvalue weighted by atomic mass is 9.86. The molecule has 1 atom stereocenters. The topological polar surface area (TPSA) is 65.4 Å². The van der Waals surface area contributed by atoms with E-state index < -0.39 is 0 Å². The zero-order chi connectivity index (χ0) is 18.1. The summed E-state index contributed by atoms with van der Waals surface area (Å²) in [6, 6.07) is 15.4.